The Morgan fingerprint density at radius 1 is 1.28 bits per heavy atom. The van der Waals surface area contributed by atoms with Gasteiger partial charge in [-0.2, -0.15) is 5.10 Å². The number of carbonyl (C=O) groups is 3. The first-order valence-corrected chi connectivity index (χ1v) is 9.21. The number of aliphatic hydroxyl groups is 1. The van der Waals surface area contributed by atoms with Crippen molar-refractivity contribution in [2.75, 3.05) is 13.1 Å². The van der Waals surface area contributed by atoms with E-state index in [2.05, 4.69) is 10.2 Å². The molecule has 0 bridgehead atoms. The number of carbonyl (C=O) groups excluding carboxylic acids is 1. The number of piperidine rings is 1. The summed E-state index contributed by atoms with van der Waals surface area (Å²) in [5.41, 5.74) is 0.385. The maximum atomic E-state index is 12.6. The zero-order valence-corrected chi connectivity index (χ0v) is 15.9. The van der Waals surface area contributed by atoms with Gasteiger partial charge in [0.05, 0.1) is 12.3 Å². The summed E-state index contributed by atoms with van der Waals surface area (Å²) in [6.07, 6.45) is 3.71. The molecule has 0 aliphatic carbocycles. The Morgan fingerprint density at radius 3 is 2.55 bits per heavy atom. The van der Waals surface area contributed by atoms with E-state index in [-0.39, 0.29) is 38.2 Å². The number of likely N-dealkylation sites (tertiary alicyclic amines) is 1. The van der Waals surface area contributed by atoms with Crippen molar-refractivity contribution in [2.45, 2.75) is 31.8 Å². The number of aromatic nitrogens is 2. The lowest BCUT2D eigenvalue weighted by molar-refractivity contribution is -0.165. The van der Waals surface area contributed by atoms with Gasteiger partial charge < -0.3 is 20.2 Å². The van der Waals surface area contributed by atoms with Crippen LogP contribution in [0.4, 0.5) is 0 Å². The van der Waals surface area contributed by atoms with Crippen LogP contribution < -0.4 is 0 Å². The molecule has 0 saturated carbocycles. The first kappa shape index (κ1) is 22.1. The van der Waals surface area contributed by atoms with Gasteiger partial charge in [-0.15, -0.1) is 0 Å². The number of nitrogens with zero attached hydrogens (tertiary/aromatic N) is 2. The average Bonchev–Trinajstić information content (AvgIpc) is 3.23. The lowest BCUT2D eigenvalue weighted by Gasteiger charge is -2.43. The van der Waals surface area contributed by atoms with Crippen molar-refractivity contribution < 1.29 is 29.7 Å². The molecule has 2 atom stereocenters. The van der Waals surface area contributed by atoms with Gasteiger partial charge in [0.25, 0.3) is 6.47 Å². The van der Waals surface area contributed by atoms with Crippen molar-refractivity contribution in [3.8, 4) is 0 Å². The summed E-state index contributed by atoms with van der Waals surface area (Å²) in [5.74, 6) is -1.17. The maximum absolute atomic E-state index is 12.6. The van der Waals surface area contributed by atoms with E-state index >= 15 is 0 Å². The van der Waals surface area contributed by atoms with Crippen LogP contribution in [0.1, 0.15) is 24.0 Å². The number of aryl methyl sites for hydroxylation is 1. The van der Waals surface area contributed by atoms with Crippen LogP contribution in [0.2, 0.25) is 0 Å². The van der Waals surface area contributed by atoms with Crippen molar-refractivity contribution in [1.82, 2.24) is 15.1 Å². The van der Waals surface area contributed by atoms with Gasteiger partial charge in [0, 0.05) is 25.7 Å². The minimum atomic E-state index is -1.38. The standard InChI is InChI=1S/C19H23N3O4.CH2O2/c23-16-8-9-22(17(24)7-6-15-11-20-21-12-15)13-19(16,18(25)26)10-14-4-2-1-3-5-14;2-1-3/h1-5,11-12,16,23H,6-10,13H2,(H,20,21)(H,25,26);1H,(H,2,3)/t16-,19-;/m1./s1. The highest BCUT2D eigenvalue weighted by Gasteiger charge is 2.50. The second kappa shape index (κ2) is 10.4. The van der Waals surface area contributed by atoms with Gasteiger partial charge in [0.15, 0.2) is 0 Å². The fourth-order valence-electron chi connectivity index (χ4n) is 3.54. The largest absolute Gasteiger partial charge is 0.483 e. The summed E-state index contributed by atoms with van der Waals surface area (Å²) >= 11 is 0. The Hall–Kier alpha value is -3.20. The molecule has 2 aromatic rings. The predicted molar refractivity (Wildman–Crippen MR) is 103 cm³/mol. The third-order valence-electron chi connectivity index (χ3n) is 5.11. The van der Waals surface area contributed by atoms with Gasteiger partial charge in [-0.3, -0.25) is 19.5 Å². The monoisotopic (exact) mass is 403 g/mol. The third kappa shape index (κ3) is 5.64. The highest BCUT2D eigenvalue weighted by molar-refractivity contribution is 5.80. The topological polar surface area (TPSA) is 144 Å². The van der Waals surface area contributed by atoms with E-state index in [9.17, 15) is 19.8 Å². The highest BCUT2D eigenvalue weighted by atomic mass is 16.4. The normalized spacial score (nSPS) is 21.0. The fourth-order valence-corrected chi connectivity index (χ4v) is 3.54. The molecule has 3 rings (SSSR count). The number of benzene rings is 1. The zero-order valence-electron chi connectivity index (χ0n) is 15.9. The Kier molecular flexibility index (Phi) is 7.90. The second-order valence-electron chi connectivity index (χ2n) is 6.96. The molecule has 2 heterocycles. The molecule has 1 aliphatic heterocycles. The molecule has 1 saturated heterocycles. The van der Waals surface area contributed by atoms with Crippen LogP contribution in [0.15, 0.2) is 42.7 Å². The van der Waals surface area contributed by atoms with Crippen molar-refractivity contribution in [1.29, 1.82) is 0 Å². The molecular weight excluding hydrogens is 378 g/mol. The van der Waals surface area contributed by atoms with Gasteiger partial charge in [-0.25, -0.2) is 0 Å². The smallest absolute Gasteiger partial charge is 0.314 e. The number of amides is 1. The van der Waals surface area contributed by atoms with Crippen LogP contribution in [0, 0.1) is 5.41 Å². The lowest BCUT2D eigenvalue weighted by atomic mass is 9.72. The number of hydrogen-bond donors (Lipinski definition) is 4. The molecule has 1 aliphatic rings. The molecule has 1 aromatic heterocycles. The van der Waals surface area contributed by atoms with Gasteiger partial charge in [-0.05, 0) is 30.4 Å². The minimum Gasteiger partial charge on any atom is -0.483 e. The first-order valence-electron chi connectivity index (χ1n) is 9.21. The molecule has 0 unspecified atom stereocenters. The van der Waals surface area contributed by atoms with E-state index in [1.165, 1.54) is 0 Å². The molecule has 9 heteroatoms. The number of aliphatic hydroxyl groups excluding tert-OH is 1. The number of rotatable bonds is 6. The van der Waals surface area contributed by atoms with Gasteiger partial charge in [0.1, 0.15) is 5.41 Å². The van der Waals surface area contributed by atoms with Crippen molar-refractivity contribution in [3.05, 3.63) is 53.9 Å². The van der Waals surface area contributed by atoms with Crippen molar-refractivity contribution >= 4 is 18.3 Å². The number of carboxylic acid groups (broad SMARTS) is 2. The number of hydrogen-bond acceptors (Lipinski definition) is 5. The van der Waals surface area contributed by atoms with Crippen molar-refractivity contribution in [2.24, 2.45) is 5.41 Å². The molecule has 0 spiro atoms. The number of nitrogens with one attached hydrogen (secondary N) is 1. The van der Waals surface area contributed by atoms with Crippen molar-refractivity contribution in [3.63, 3.8) is 0 Å². The summed E-state index contributed by atoms with van der Waals surface area (Å²) in [4.78, 5) is 34.6. The molecule has 156 valence electrons. The molecule has 1 aromatic carbocycles. The summed E-state index contributed by atoms with van der Waals surface area (Å²) in [7, 11) is 0. The van der Waals surface area contributed by atoms with Crippen LogP contribution in [0.25, 0.3) is 0 Å². The van der Waals surface area contributed by atoms with E-state index < -0.39 is 17.5 Å². The number of aliphatic carboxylic acids is 1. The summed E-state index contributed by atoms with van der Waals surface area (Å²) in [5, 5.41) is 33.8. The van der Waals surface area contributed by atoms with Crippen LogP contribution in [-0.2, 0) is 27.2 Å². The molecule has 1 amide bonds. The Morgan fingerprint density at radius 2 is 1.97 bits per heavy atom. The van der Waals surface area contributed by atoms with E-state index in [1.54, 1.807) is 17.3 Å². The van der Waals surface area contributed by atoms with Gasteiger partial charge in [-0.1, -0.05) is 30.3 Å². The molecule has 0 radical (unpaired) electrons. The SMILES string of the molecule is O=C(CCc1cn[nH]c1)N1CC[C@@H](O)[C@](Cc2ccccc2)(C(=O)O)C1.O=CO. The highest BCUT2D eigenvalue weighted by Crippen LogP contribution is 2.35. The number of H-pyrrole nitrogens is 1. The third-order valence-corrected chi connectivity index (χ3v) is 5.11. The summed E-state index contributed by atoms with van der Waals surface area (Å²) < 4.78 is 0. The minimum absolute atomic E-state index is 0.0165. The Balaban J connectivity index is 0.000000941. The van der Waals surface area contributed by atoms with E-state index in [4.69, 9.17) is 9.90 Å². The Bertz CT molecular complexity index is 796. The molecule has 4 N–H and O–H groups in total. The van der Waals surface area contributed by atoms with E-state index in [0.717, 1.165) is 11.1 Å². The van der Waals surface area contributed by atoms with Crippen LogP contribution in [-0.4, -0.2) is 68.0 Å². The van der Waals surface area contributed by atoms with Crippen LogP contribution >= 0.6 is 0 Å². The zero-order chi connectivity index (χ0) is 21.3. The van der Waals surface area contributed by atoms with E-state index in [1.807, 2.05) is 30.3 Å². The lowest BCUT2D eigenvalue weighted by Crippen LogP contribution is -2.58. The van der Waals surface area contributed by atoms with Gasteiger partial charge >= 0.3 is 5.97 Å². The first-order chi connectivity index (χ1) is 13.9. The molecule has 29 heavy (non-hydrogen) atoms. The average molecular weight is 403 g/mol. The quantitative estimate of drug-likeness (QED) is 0.526. The second-order valence-corrected chi connectivity index (χ2v) is 6.96. The fraction of sp³-hybridized carbons (Fsp3) is 0.400. The maximum Gasteiger partial charge on any atom is 0.314 e. The van der Waals surface area contributed by atoms with Crippen LogP contribution in [0.3, 0.4) is 0 Å². The molecule has 9 nitrogen and oxygen atoms in total. The summed E-state index contributed by atoms with van der Waals surface area (Å²) in [6, 6.07) is 9.23. The van der Waals surface area contributed by atoms with Gasteiger partial charge in [0.2, 0.25) is 5.91 Å². The predicted octanol–water partition coefficient (Wildman–Crippen LogP) is 0.950. The molecule has 1 fully saturated rings. The molecular formula is C20H25N3O6. The summed E-state index contributed by atoms with van der Waals surface area (Å²) in [6.45, 7) is 0.137. The van der Waals surface area contributed by atoms with Crippen LogP contribution in [0.5, 0.6) is 0 Å². The number of aromatic amines is 1. The Labute approximate surface area is 168 Å². The van der Waals surface area contributed by atoms with E-state index in [0.29, 0.717) is 13.0 Å². The number of carboxylic acids is 1.